The summed E-state index contributed by atoms with van der Waals surface area (Å²) >= 11 is 0. The summed E-state index contributed by atoms with van der Waals surface area (Å²) < 4.78 is 5.69. The molecule has 18 heavy (non-hydrogen) atoms. The van der Waals surface area contributed by atoms with Crippen molar-refractivity contribution in [3.05, 3.63) is 46.8 Å². The SMILES string of the molecule is C1=NC=c2c(ccc3c2=COc2ccccc2-3)N1. The van der Waals surface area contributed by atoms with Crippen molar-refractivity contribution in [2.24, 2.45) is 4.99 Å². The number of nitrogens with zero attached hydrogens (tertiary/aromatic N) is 1. The lowest BCUT2D eigenvalue weighted by atomic mass is 9.99. The van der Waals surface area contributed by atoms with Gasteiger partial charge in [-0.2, -0.15) is 0 Å². The number of fused-ring (bicyclic) bond motifs is 5. The van der Waals surface area contributed by atoms with Crippen LogP contribution in [0.5, 0.6) is 5.75 Å². The number of hydrogen-bond donors (Lipinski definition) is 1. The Labute approximate surface area is 104 Å². The van der Waals surface area contributed by atoms with Gasteiger partial charge in [-0.1, -0.05) is 24.3 Å². The minimum atomic E-state index is 0.900. The molecule has 0 atom stereocenters. The molecule has 0 radical (unpaired) electrons. The van der Waals surface area contributed by atoms with Gasteiger partial charge in [0.25, 0.3) is 0 Å². The summed E-state index contributed by atoms with van der Waals surface area (Å²) in [5, 5.41) is 5.29. The summed E-state index contributed by atoms with van der Waals surface area (Å²) in [5.41, 5.74) is 3.37. The fourth-order valence-electron chi connectivity index (χ4n) is 2.40. The van der Waals surface area contributed by atoms with Crippen LogP contribution in [0.15, 0.2) is 41.4 Å². The molecular weight excluding hydrogens is 224 g/mol. The van der Waals surface area contributed by atoms with Crippen molar-refractivity contribution in [2.75, 3.05) is 5.32 Å². The molecule has 3 heteroatoms. The Balaban J connectivity index is 2.12. The highest BCUT2D eigenvalue weighted by Crippen LogP contribution is 2.30. The van der Waals surface area contributed by atoms with Gasteiger partial charge in [0.1, 0.15) is 5.75 Å². The van der Waals surface area contributed by atoms with Gasteiger partial charge < -0.3 is 10.1 Å². The van der Waals surface area contributed by atoms with Crippen LogP contribution < -0.4 is 20.5 Å². The fourth-order valence-corrected chi connectivity index (χ4v) is 2.40. The molecule has 0 saturated carbocycles. The smallest absolute Gasteiger partial charge is 0.134 e. The summed E-state index contributed by atoms with van der Waals surface area (Å²) in [5.74, 6) is 0.900. The predicted molar refractivity (Wildman–Crippen MR) is 72.8 cm³/mol. The average molecular weight is 234 g/mol. The summed E-state index contributed by atoms with van der Waals surface area (Å²) in [4.78, 5) is 4.15. The van der Waals surface area contributed by atoms with Crippen LogP contribution in [0.1, 0.15) is 0 Å². The molecule has 0 bridgehead atoms. The molecule has 0 fully saturated rings. The van der Waals surface area contributed by atoms with Crippen LogP contribution in [0.25, 0.3) is 23.6 Å². The maximum atomic E-state index is 5.69. The third-order valence-corrected chi connectivity index (χ3v) is 3.27. The number of aliphatic imine (C=N–C) groups is 1. The van der Waals surface area contributed by atoms with Crippen molar-refractivity contribution < 1.29 is 4.74 Å². The van der Waals surface area contributed by atoms with Crippen LogP contribution >= 0.6 is 0 Å². The lowest BCUT2D eigenvalue weighted by Crippen LogP contribution is -2.33. The molecule has 0 unspecified atom stereocenters. The molecule has 2 aliphatic heterocycles. The lowest BCUT2D eigenvalue weighted by molar-refractivity contribution is 0.537. The molecular formula is C15H10N2O. The monoisotopic (exact) mass is 234 g/mol. The topological polar surface area (TPSA) is 33.6 Å². The van der Waals surface area contributed by atoms with Gasteiger partial charge in [0.2, 0.25) is 0 Å². The molecule has 3 nitrogen and oxygen atoms in total. The summed E-state index contributed by atoms with van der Waals surface area (Å²) in [6.45, 7) is 0. The predicted octanol–water partition coefficient (Wildman–Crippen LogP) is 1.68. The minimum Gasteiger partial charge on any atom is -0.464 e. The molecule has 2 aliphatic rings. The Morgan fingerprint density at radius 2 is 1.89 bits per heavy atom. The largest absolute Gasteiger partial charge is 0.464 e. The van der Waals surface area contributed by atoms with E-state index in [0.717, 1.165) is 27.4 Å². The molecule has 0 amide bonds. The molecule has 2 aromatic rings. The zero-order valence-electron chi connectivity index (χ0n) is 9.55. The van der Waals surface area contributed by atoms with E-state index in [1.807, 2.05) is 24.4 Å². The van der Waals surface area contributed by atoms with Crippen molar-refractivity contribution >= 4 is 24.5 Å². The Morgan fingerprint density at radius 3 is 2.89 bits per heavy atom. The summed E-state index contributed by atoms with van der Waals surface area (Å²) in [6, 6.07) is 12.3. The zero-order chi connectivity index (χ0) is 11.9. The Bertz CT molecular complexity index is 791. The number of benzene rings is 2. The Morgan fingerprint density at radius 1 is 0.944 bits per heavy atom. The third kappa shape index (κ3) is 1.21. The van der Waals surface area contributed by atoms with E-state index in [2.05, 4.69) is 28.5 Å². The highest BCUT2D eigenvalue weighted by molar-refractivity contribution is 5.84. The second kappa shape index (κ2) is 3.47. The lowest BCUT2D eigenvalue weighted by Gasteiger charge is -2.16. The first-order valence-electron chi connectivity index (χ1n) is 5.81. The van der Waals surface area contributed by atoms with E-state index in [0.29, 0.717) is 0 Å². The van der Waals surface area contributed by atoms with Gasteiger partial charge >= 0.3 is 0 Å². The molecule has 0 spiro atoms. The Hall–Kier alpha value is -2.55. The summed E-state index contributed by atoms with van der Waals surface area (Å²) in [6.07, 6.45) is 5.35. The van der Waals surface area contributed by atoms with Crippen LogP contribution in [0.4, 0.5) is 5.69 Å². The number of anilines is 1. The van der Waals surface area contributed by atoms with Crippen molar-refractivity contribution in [1.82, 2.24) is 0 Å². The van der Waals surface area contributed by atoms with Crippen molar-refractivity contribution in [3.8, 4) is 16.9 Å². The second-order valence-electron chi connectivity index (χ2n) is 4.27. The van der Waals surface area contributed by atoms with Gasteiger partial charge in [-0.05, 0) is 17.7 Å². The van der Waals surface area contributed by atoms with Gasteiger partial charge in [0.05, 0.1) is 12.6 Å². The number of para-hydroxylation sites is 1. The third-order valence-electron chi connectivity index (χ3n) is 3.27. The van der Waals surface area contributed by atoms with E-state index in [1.54, 1.807) is 12.6 Å². The second-order valence-corrected chi connectivity index (χ2v) is 4.27. The molecule has 86 valence electrons. The van der Waals surface area contributed by atoms with Crippen LogP contribution in [-0.4, -0.2) is 6.34 Å². The van der Waals surface area contributed by atoms with E-state index < -0.39 is 0 Å². The van der Waals surface area contributed by atoms with Crippen molar-refractivity contribution in [3.63, 3.8) is 0 Å². The van der Waals surface area contributed by atoms with Gasteiger partial charge in [-0.25, -0.2) is 4.99 Å². The first-order valence-corrected chi connectivity index (χ1v) is 5.81. The van der Waals surface area contributed by atoms with E-state index in [1.165, 1.54) is 5.56 Å². The number of rotatable bonds is 0. The first kappa shape index (κ1) is 9.48. The first-order chi connectivity index (χ1) is 8.93. The van der Waals surface area contributed by atoms with Crippen LogP contribution in [0.3, 0.4) is 0 Å². The van der Waals surface area contributed by atoms with Gasteiger partial charge in [0, 0.05) is 27.9 Å². The molecule has 1 N–H and O–H groups in total. The molecule has 2 aromatic carbocycles. The maximum absolute atomic E-state index is 5.69. The van der Waals surface area contributed by atoms with Crippen LogP contribution in [0.2, 0.25) is 0 Å². The maximum Gasteiger partial charge on any atom is 0.134 e. The van der Waals surface area contributed by atoms with Crippen molar-refractivity contribution in [1.29, 1.82) is 0 Å². The van der Waals surface area contributed by atoms with Gasteiger partial charge in [0.15, 0.2) is 0 Å². The number of ether oxygens (including phenoxy) is 1. The van der Waals surface area contributed by atoms with Gasteiger partial charge in [-0.3, -0.25) is 0 Å². The molecule has 0 saturated heterocycles. The van der Waals surface area contributed by atoms with Gasteiger partial charge in [-0.15, -0.1) is 0 Å². The molecule has 4 rings (SSSR count). The van der Waals surface area contributed by atoms with E-state index >= 15 is 0 Å². The standard InChI is InChI=1S/C15H10N2O/c1-2-4-15-11(3-1)10-5-6-14-12(7-16-9-17-14)13(10)8-18-15/h1-9H,(H,16,17). The van der Waals surface area contributed by atoms with E-state index in [-0.39, 0.29) is 0 Å². The van der Waals surface area contributed by atoms with E-state index in [4.69, 9.17) is 4.74 Å². The van der Waals surface area contributed by atoms with Crippen LogP contribution in [0, 0.1) is 0 Å². The highest BCUT2D eigenvalue weighted by atomic mass is 16.5. The van der Waals surface area contributed by atoms with E-state index in [9.17, 15) is 0 Å². The molecule has 0 aromatic heterocycles. The average Bonchev–Trinajstić information content (AvgIpc) is 2.46. The molecule has 0 aliphatic carbocycles. The fraction of sp³-hybridized carbons (Fsp3) is 0. The molecule has 2 heterocycles. The minimum absolute atomic E-state index is 0.900. The van der Waals surface area contributed by atoms with Crippen LogP contribution in [-0.2, 0) is 0 Å². The van der Waals surface area contributed by atoms with Crippen molar-refractivity contribution in [2.45, 2.75) is 0 Å². The number of hydrogen-bond acceptors (Lipinski definition) is 3. The Kier molecular flexibility index (Phi) is 1.83. The normalized spacial score (nSPS) is 14.0. The number of nitrogens with one attached hydrogen (secondary N) is 1. The highest BCUT2D eigenvalue weighted by Gasteiger charge is 2.13. The zero-order valence-corrected chi connectivity index (χ0v) is 9.55. The quantitative estimate of drug-likeness (QED) is 0.752. The summed E-state index contributed by atoms with van der Waals surface area (Å²) in [7, 11) is 0.